The number of hydrogen-bond donors (Lipinski definition) is 1. The standard InChI is InChI=1S/C14H13BrN2O3/c15-11-7-4-8-13(17(18)19)14(11)20-9-12(16)10-5-2-1-3-6-10/h1-8,12H,9,16H2. The van der Waals surface area contributed by atoms with Gasteiger partial charge in [0.1, 0.15) is 6.61 Å². The molecule has 20 heavy (non-hydrogen) atoms. The molecule has 0 saturated carbocycles. The van der Waals surface area contributed by atoms with Crippen LogP contribution < -0.4 is 10.5 Å². The van der Waals surface area contributed by atoms with Crippen molar-refractivity contribution in [2.45, 2.75) is 6.04 Å². The first-order valence-corrected chi connectivity index (χ1v) is 6.75. The molecule has 0 amide bonds. The highest BCUT2D eigenvalue weighted by Gasteiger charge is 2.19. The second-order valence-electron chi connectivity index (χ2n) is 4.17. The van der Waals surface area contributed by atoms with Crippen LogP contribution in [-0.2, 0) is 0 Å². The van der Waals surface area contributed by atoms with E-state index in [4.69, 9.17) is 10.5 Å². The van der Waals surface area contributed by atoms with E-state index in [1.807, 2.05) is 30.3 Å². The zero-order chi connectivity index (χ0) is 14.5. The van der Waals surface area contributed by atoms with Crippen molar-refractivity contribution in [1.29, 1.82) is 0 Å². The van der Waals surface area contributed by atoms with E-state index >= 15 is 0 Å². The molecule has 0 saturated heterocycles. The third-order valence-electron chi connectivity index (χ3n) is 2.78. The van der Waals surface area contributed by atoms with Crippen molar-refractivity contribution < 1.29 is 9.66 Å². The molecule has 0 aliphatic heterocycles. The number of nitrogens with two attached hydrogens (primary N) is 1. The normalized spacial score (nSPS) is 11.9. The molecule has 2 aromatic carbocycles. The van der Waals surface area contributed by atoms with Crippen LogP contribution in [0, 0.1) is 10.1 Å². The van der Waals surface area contributed by atoms with Crippen molar-refractivity contribution >= 4 is 21.6 Å². The van der Waals surface area contributed by atoms with Crippen molar-refractivity contribution in [2.75, 3.05) is 6.61 Å². The van der Waals surface area contributed by atoms with Crippen LogP contribution in [0.2, 0.25) is 0 Å². The molecular formula is C14H13BrN2O3. The quantitative estimate of drug-likeness (QED) is 0.670. The maximum absolute atomic E-state index is 11.0. The molecule has 6 heteroatoms. The highest BCUT2D eigenvalue weighted by molar-refractivity contribution is 9.10. The first-order valence-electron chi connectivity index (χ1n) is 5.96. The highest BCUT2D eigenvalue weighted by atomic mass is 79.9. The van der Waals surface area contributed by atoms with Crippen LogP contribution in [-0.4, -0.2) is 11.5 Å². The second kappa shape index (κ2) is 6.49. The molecule has 0 fully saturated rings. The Hall–Kier alpha value is -1.92. The number of nitrogens with zero attached hydrogens (tertiary/aromatic N) is 1. The number of nitro benzene ring substituents is 1. The summed E-state index contributed by atoms with van der Waals surface area (Å²) in [5.41, 5.74) is 6.84. The predicted octanol–water partition coefficient (Wildman–Crippen LogP) is 3.44. The third-order valence-corrected chi connectivity index (χ3v) is 3.40. The molecule has 104 valence electrons. The largest absolute Gasteiger partial charge is 0.484 e. The summed E-state index contributed by atoms with van der Waals surface area (Å²) >= 11 is 3.25. The molecule has 0 spiro atoms. The number of hydrogen-bond acceptors (Lipinski definition) is 4. The van der Waals surface area contributed by atoms with E-state index in [-0.39, 0.29) is 24.1 Å². The van der Waals surface area contributed by atoms with Crippen molar-refractivity contribution in [3.05, 3.63) is 68.7 Å². The fourth-order valence-corrected chi connectivity index (χ4v) is 2.22. The maximum atomic E-state index is 11.0. The van der Waals surface area contributed by atoms with Crippen LogP contribution in [0.4, 0.5) is 5.69 Å². The molecule has 0 aromatic heterocycles. The summed E-state index contributed by atoms with van der Waals surface area (Å²) in [4.78, 5) is 10.5. The Kier molecular flexibility index (Phi) is 4.70. The number of benzene rings is 2. The summed E-state index contributed by atoms with van der Waals surface area (Å²) in [6.07, 6.45) is 0. The molecule has 2 aromatic rings. The fraction of sp³-hybridized carbons (Fsp3) is 0.143. The number of nitro groups is 1. The Bertz CT molecular complexity index is 605. The molecule has 2 N–H and O–H groups in total. The Morgan fingerprint density at radius 2 is 1.90 bits per heavy atom. The highest BCUT2D eigenvalue weighted by Crippen LogP contribution is 2.35. The molecule has 0 heterocycles. The van der Waals surface area contributed by atoms with Gasteiger partial charge in [-0.25, -0.2) is 0 Å². The topological polar surface area (TPSA) is 78.4 Å². The minimum absolute atomic E-state index is 0.0837. The van der Waals surface area contributed by atoms with Crippen molar-refractivity contribution in [1.82, 2.24) is 0 Å². The SMILES string of the molecule is NC(COc1c(Br)cccc1[N+](=O)[O-])c1ccccc1. The van der Waals surface area contributed by atoms with Crippen molar-refractivity contribution in [2.24, 2.45) is 5.73 Å². The summed E-state index contributed by atoms with van der Waals surface area (Å²) in [5.74, 6) is 0.198. The molecule has 2 rings (SSSR count). The van der Waals surface area contributed by atoms with Gasteiger partial charge in [0.25, 0.3) is 0 Å². The van der Waals surface area contributed by atoms with E-state index in [1.54, 1.807) is 12.1 Å². The summed E-state index contributed by atoms with van der Waals surface area (Å²) in [6, 6.07) is 13.8. The smallest absolute Gasteiger partial charge is 0.312 e. The fourth-order valence-electron chi connectivity index (χ4n) is 1.75. The van der Waals surface area contributed by atoms with Crippen molar-refractivity contribution in [3.63, 3.8) is 0 Å². The molecule has 5 nitrogen and oxygen atoms in total. The van der Waals surface area contributed by atoms with E-state index < -0.39 is 4.92 Å². The minimum atomic E-state index is -0.478. The Morgan fingerprint density at radius 3 is 2.55 bits per heavy atom. The Morgan fingerprint density at radius 1 is 1.20 bits per heavy atom. The van der Waals surface area contributed by atoms with Crippen LogP contribution in [0.1, 0.15) is 11.6 Å². The van der Waals surface area contributed by atoms with Crippen LogP contribution in [0.3, 0.4) is 0 Å². The van der Waals surface area contributed by atoms with Gasteiger partial charge in [-0.05, 0) is 27.6 Å². The van der Waals surface area contributed by atoms with Gasteiger partial charge in [0, 0.05) is 6.07 Å². The van der Waals surface area contributed by atoms with E-state index in [1.165, 1.54) is 6.07 Å². The van der Waals surface area contributed by atoms with Crippen LogP contribution in [0.15, 0.2) is 53.0 Å². The second-order valence-corrected chi connectivity index (χ2v) is 5.03. The van der Waals surface area contributed by atoms with E-state index in [0.29, 0.717) is 4.47 Å². The van der Waals surface area contributed by atoms with E-state index in [9.17, 15) is 10.1 Å². The van der Waals surface area contributed by atoms with Gasteiger partial charge in [0.15, 0.2) is 0 Å². The molecule has 1 unspecified atom stereocenters. The van der Waals surface area contributed by atoms with Gasteiger partial charge in [-0.3, -0.25) is 10.1 Å². The average molecular weight is 337 g/mol. The lowest BCUT2D eigenvalue weighted by Gasteiger charge is -2.14. The van der Waals surface area contributed by atoms with E-state index in [2.05, 4.69) is 15.9 Å². The lowest BCUT2D eigenvalue weighted by Crippen LogP contribution is -2.19. The molecule has 0 aliphatic rings. The van der Waals surface area contributed by atoms with Gasteiger partial charge in [-0.1, -0.05) is 36.4 Å². The molecule has 0 aliphatic carbocycles. The van der Waals surface area contributed by atoms with Gasteiger partial charge in [0.05, 0.1) is 15.4 Å². The van der Waals surface area contributed by atoms with Crippen LogP contribution in [0.5, 0.6) is 5.75 Å². The van der Waals surface area contributed by atoms with Gasteiger partial charge in [0.2, 0.25) is 5.75 Å². The summed E-state index contributed by atoms with van der Waals surface area (Å²) in [5, 5.41) is 11.0. The molecule has 1 atom stereocenters. The maximum Gasteiger partial charge on any atom is 0.312 e. The zero-order valence-corrected chi connectivity index (χ0v) is 12.1. The first-order chi connectivity index (χ1) is 9.59. The lowest BCUT2D eigenvalue weighted by atomic mass is 10.1. The predicted molar refractivity (Wildman–Crippen MR) is 79.7 cm³/mol. The van der Waals surface area contributed by atoms with Gasteiger partial charge in [-0.15, -0.1) is 0 Å². The summed E-state index contributed by atoms with van der Waals surface area (Å²) in [7, 11) is 0. The zero-order valence-electron chi connectivity index (χ0n) is 10.5. The molecular weight excluding hydrogens is 324 g/mol. The monoisotopic (exact) mass is 336 g/mol. The van der Waals surface area contributed by atoms with Gasteiger partial charge < -0.3 is 10.5 Å². The molecule has 0 bridgehead atoms. The van der Waals surface area contributed by atoms with Gasteiger partial charge in [-0.2, -0.15) is 0 Å². The van der Waals surface area contributed by atoms with E-state index in [0.717, 1.165) is 5.56 Å². The summed E-state index contributed by atoms with van der Waals surface area (Å²) < 4.78 is 6.07. The number of para-hydroxylation sites is 1. The first kappa shape index (κ1) is 14.5. The number of rotatable bonds is 5. The van der Waals surface area contributed by atoms with Gasteiger partial charge >= 0.3 is 5.69 Å². The average Bonchev–Trinajstić information content (AvgIpc) is 2.46. The lowest BCUT2D eigenvalue weighted by molar-refractivity contribution is -0.386. The Balaban J connectivity index is 2.13. The summed E-state index contributed by atoms with van der Waals surface area (Å²) in [6.45, 7) is 0.160. The Labute approximate surface area is 124 Å². The third kappa shape index (κ3) is 3.34. The molecule has 0 radical (unpaired) electrons. The number of halogens is 1. The number of ether oxygens (including phenoxy) is 1. The van der Waals surface area contributed by atoms with Crippen LogP contribution in [0.25, 0.3) is 0 Å². The van der Waals surface area contributed by atoms with Crippen LogP contribution >= 0.6 is 15.9 Å². The minimum Gasteiger partial charge on any atom is -0.484 e. The van der Waals surface area contributed by atoms with Crippen molar-refractivity contribution in [3.8, 4) is 5.75 Å².